The van der Waals surface area contributed by atoms with E-state index in [2.05, 4.69) is 132 Å². The van der Waals surface area contributed by atoms with E-state index in [9.17, 15) is 0 Å². The highest BCUT2D eigenvalue weighted by molar-refractivity contribution is 6.77. The second kappa shape index (κ2) is 8.70. The van der Waals surface area contributed by atoms with Gasteiger partial charge in [0.15, 0.2) is 16.5 Å². The van der Waals surface area contributed by atoms with Crippen LogP contribution in [0.3, 0.4) is 0 Å². The molecule has 0 bridgehead atoms. The molecule has 4 heteroatoms. The van der Waals surface area contributed by atoms with Gasteiger partial charge in [-0.25, -0.2) is 0 Å². The molecule has 0 N–H and O–H groups in total. The van der Waals surface area contributed by atoms with Gasteiger partial charge in [-0.1, -0.05) is 106 Å². The van der Waals surface area contributed by atoms with Crippen molar-refractivity contribution in [3.8, 4) is 22.3 Å². The molecule has 4 aromatic carbocycles. The molecule has 2 heterocycles. The Bertz CT molecular complexity index is 2020. The number of rotatable bonds is 5. The molecule has 0 unspecified atom stereocenters. The Labute approximate surface area is 245 Å². The molecule has 0 fully saturated rings. The van der Waals surface area contributed by atoms with E-state index in [0.29, 0.717) is 0 Å². The summed E-state index contributed by atoms with van der Waals surface area (Å²) in [5.74, 6) is 0. The van der Waals surface area contributed by atoms with Crippen molar-refractivity contribution >= 4 is 38.3 Å². The van der Waals surface area contributed by atoms with Gasteiger partial charge < -0.3 is 8.47 Å². The number of nitrogens with zero attached hydrogens (tertiary/aromatic N) is 2. The summed E-state index contributed by atoms with van der Waals surface area (Å²) in [5, 5.41) is 2.89. The standard InChI is InChI=1S/C37H38N2Si2/c1-40(2,3)38-33-19-18-25(22-31(33)37-29-15-9-7-12-26(29)23-34(37)38)20-21-41(4,5)39-32-17-11-10-16-30(32)36-28-14-8-6-13-27(28)24-35(36)39/h6-19,22H,20-21,23-24H2,1-5H3. The quantitative estimate of drug-likeness (QED) is 0.184. The smallest absolute Gasteiger partial charge is 0.156 e. The molecule has 0 radical (unpaired) electrons. The third-order valence-electron chi connectivity index (χ3n) is 9.69. The molecule has 8 rings (SSSR count). The lowest BCUT2D eigenvalue weighted by Crippen LogP contribution is -2.37. The van der Waals surface area contributed by atoms with Crippen LogP contribution >= 0.6 is 0 Å². The second-order valence-corrected chi connectivity index (χ2v) is 23.2. The minimum absolute atomic E-state index is 1.05. The molecule has 0 saturated carbocycles. The molecule has 2 aliphatic carbocycles. The molecule has 0 amide bonds. The van der Waals surface area contributed by atoms with Gasteiger partial charge >= 0.3 is 0 Å². The maximum atomic E-state index is 2.81. The van der Waals surface area contributed by atoms with Crippen LogP contribution in [0.15, 0.2) is 91.0 Å². The zero-order valence-corrected chi connectivity index (χ0v) is 26.9. The van der Waals surface area contributed by atoms with Crippen molar-refractivity contribution < 1.29 is 0 Å². The molecule has 6 aromatic rings. The average Bonchev–Trinajstić information content (AvgIpc) is 3.67. The summed E-state index contributed by atoms with van der Waals surface area (Å²) in [6.45, 7) is 12.6. The third kappa shape index (κ3) is 3.66. The SMILES string of the molecule is C[Si](C)(C)n1c2c(c3cc(CC[Si](C)(C)n4c5c(c6ccccc64)-c4ccccc4C5)ccc31)-c1ccccc1C2. The molecule has 2 aliphatic rings. The Hall–Kier alpha value is -3.61. The van der Waals surface area contributed by atoms with E-state index in [1.807, 2.05) is 0 Å². The van der Waals surface area contributed by atoms with Crippen LogP contribution in [0.2, 0.25) is 38.8 Å². The van der Waals surface area contributed by atoms with Crippen LogP contribution in [0.25, 0.3) is 44.1 Å². The van der Waals surface area contributed by atoms with Crippen LogP contribution in [0.4, 0.5) is 0 Å². The number of hydrogen-bond acceptors (Lipinski definition) is 0. The van der Waals surface area contributed by atoms with Crippen LogP contribution in [0, 0.1) is 0 Å². The number of hydrogen-bond donors (Lipinski definition) is 0. The molecule has 204 valence electrons. The molecule has 2 aromatic heterocycles. The normalized spacial score (nSPS) is 14.0. The highest BCUT2D eigenvalue weighted by atomic mass is 28.3. The maximum Gasteiger partial charge on any atom is 0.156 e. The van der Waals surface area contributed by atoms with Gasteiger partial charge in [-0.2, -0.15) is 0 Å². The molecule has 0 spiro atoms. The summed E-state index contributed by atoms with van der Waals surface area (Å²) >= 11 is 0. The van der Waals surface area contributed by atoms with Crippen LogP contribution in [0.5, 0.6) is 0 Å². The molecular weight excluding hydrogens is 529 g/mol. The molecule has 0 atom stereocenters. The lowest BCUT2D eigenvalue weighted by molar-refractivity contribution is 0.993. The topological polar surface area (TPSA) is 9.86 Å². The van der Waals surface area contributed by atoms with Crippen LogP contribution < -0.4 is 0 Å². The summed E-state index contributed by atoms with van der Waals surface area (Å²) in [7, 11) is -3.41. The summed E-state index contributed by atoms with van der Waals surface area (Å²) in [4.78, 5) is 0. The van der Waals surface area contributed by atoms with E-state index < -0.39 is 16.5 Å². The van der Waals surface area contributed by atoms with Gasteiger partial charge in [0.25, 0.3) is 0 Å². The summed E-state index contributed by atoms with van der Waals surface area (Å²) in [6, 6.07) is 35.9. The Morgan fingerprint density at radius 1 is 0.585 bits per heavy atom. The van der Waals surface area contributed by atoms with Crippen molar-refractivity contribution in [1.29, 1.82) is 0 Å². The van der Waals surface area contributed by atoms with Gasteiger partial charge in [-0.15, -0.1) is 0 Å². The highest BCUT2D eigenvalue weighted by Crippen LogP contribution is 2.46. The Kier molecular flexibility index (Phi) is 5.33. The molecule has 0 saturated heterocycles. The largest absolute Gasteiger partial charge is 0.371 e. The van der Waals surface area contributed by atoms with Gasteiger partial charge in [-0.05, 0) is 58.5 Å². The lowest BCUT2D eigenvalue weighted by Gasteiger charge is -2.28. The zero-order chi connectivity index (χ0) is 28.1. The number of aryl methyl sites for hydroxylation is 1. The predicted octanol–water partition coefficient (Wildman–Crippen LogP) is 9.72. The Balaban J connectivity index is 1.20. The van der Waals surface area contributed by atoms with Crippen molar-refractivity contribution in [2.24, 2.45) is 0 Å². The number of benzene rings is 4. The first-order chi connectivity index (χ1) is 19.7. The fraction of sp³-hybridized carbons (Fsp3) is 0.243. The monoisotopic (exact) mass is 566 g/mol. The lowest BCUT2D eigenvalue weighted by atomic mass is 10.0. The van der Waals surface area contributed by atoms with E-state index in [1.54, 1.807) is 11.4 Å². The van der Waals surface area contributed by atoms with Crippen molar-refractivity contribution in [2.75, 3.05) is 0 Å². The number of aromatic nitrogens is 2. The average molecular weight is 567 g/mol. The van der Waals surface area contributed by atoms with E-state index in [1.165, 1.54) is 66.8 Å². The van der Waals surface area contributed by atoms with E-state index >= 15 is 0 Å². The molecule has 0 aliphatic heterocycles. The Morgan fingerprint density at radius 3 is 1.83 bits per heavy atom. The van der Waals surface area contributed by atoms with Crippen molar-refractivity contribution in [3.63, 3.8) is 0 Å². The first kappa shape index (κ1) is 25.1. The molecule has 2 nitrogen and oxygen atoms in total. The molecule has 41 heavy (non-hydrogen) atoms. The van der Waals surface area contributed by atoms with Crippen molar-refractivity contribution in [3.05, 3.63) is 119 Å². The first-order valence-electron chi connectivity index (χ1n) is 15.2. The van der Waals surface area contributed by atoms with E-state index in [-0.39, 0.29) is 0 Å². The minimum atomic E-state index is -1.82. The summed E-state index contributed by atoms with van der Waals surface area (Å²) in [5.41, 5.74) is 16.3. The third-order valence-corrected chi connectivity index (χ3v) is 14.7. The number of fused-ring (bicyclic) bond motifs is 10. The van der Waals surface area contributed by atoms with Gasteiger partial charge in [-0.3, -0.25) is 0 Å². The van der Waals surface area contributed by atoms with Crippen molar-refractivity contribution in [2.45, 2.75) is 58.0 Å². The van der Waals surface area contributed by atoms with Gasteiger partial charge in [0.2, 0.25) is 0 Å². The Morgan fingerprint density at radius 2 is 1.15 bits per heavy atom. The van der Waals surface area contributed by atoms with Gasteiger partial charge in [0.1, 0.15) is 0 Å². The van der Waals surface area contributed by atoms with Crippen LogP contribution in [-0.2, 0) is 19.3 Å². The summed E-state index contributed by atoms with van der Waals surface area (Å²) in [6.07, 6.45) is 3.24. The minimum Gasteiger partial charge on any atom is -0.371 e. The fourth-order valence-corrected chi connectivity index (χ4v) is 12.8. The highest BCUT2D eigenvalue weighted by Gasteiger charge is 2.35. The number of para-hydroxylation sites is 1. The van der Waals surface area contributed by atoms with Crippen molar-refractivity contribution in [1.82, 2.24) is 8.47 Å². The van der Waals surface area contributed by atoms with Crippen LogP contribution in [-0.4, -0.2) is 24.9 Å². The van der Waals surface area contributed by atoms with Gasteiger partial charge in [0, 0.05) is 57.2 Å². The van der Waals surface area contributed by atoms with Gasteiger partial charge in [0.05, 0.1) is 0 Å². The fourth-order valence-electron chi connectivity index (χ4n) is 7.99. The molecular formula is C37H38N2Si2. The van der Waals surface area contributed by atoms with E-state index in [0.717, 1.165) is 19.3 Å². The second-order valence-electron chi connectivity index (χ2n) is 13.8. The zero-order valence-electron chi connectivity index (χ0n) is 24.9. The first-order valence-corrected chi connectivity index (χ1v) is 21.8. The van der Waals surface area contributed by atoms with E-state index in [4.69, 9.17) is 0 Å². The predicted molar refractivity (Wildman–Crippen MR) is 180 cm³/mol. The summed E-state index contributed by atoms with van der Waals surface area (Å²) < 4.78 is 5.55. The van der Waals surface area contributed by atoms with Crippen LogP contribution in [0.1, 0.15) is 28.1 Å². The maximum absolute atomic E-state index is 2.81.